The highest BCUT2D eigenvalue weighted by Crippen LogP contribution is 2.06. The zero-order valence-electron chi connectivity index (χ0n) is 5.64. The van der Waals surface area contributed by atoms with Crippen LogP contribution in [0.1, 0.15) is 10.5 Å². The maximum Gasteiger partial charge on any atom is 0.358 e. The lowest BCUT2D eigenvalue weighted by molar-refractivity contribution is -0.389. The summed E-state index contributed by atoms with van der Waals surface area (Å²) < 4.78 is 0. The Hall–Kier alpha value is -1.96. The number of rotatable bonds is 2. The average molecular weight is 175 g/mol. The number of carboxylic acids is 1. The molecule has 4 N–H and O–H groups in total. The molecule has 0 fully saturated rings. The molecule has 0 atom stereocenters. The van der Waals surface area contributed by atoms with E-state index in [1.165, 1.54) is 0 Å². The van der Waals surface area contributed by atoms with Gasteiger partial charge in [-0.05, 0) is 4.92 Å². The van der Waals surface area contributed by atoms with E-state index >= 15 is 0 Å². The number of nitrogens with zero attached hydrogens (tertiary/aromatic N) is 2. The van der Waals surface area contributed by atoms with Crippen molar-refractivity contribution < 1.29 is 20.3 Å². The Morgan fingerprint density at radius 3 is 2.58 bits per heavy atom. The fourth-order valence-corrected chi connectivity index (χ4v) is 0.515. The lowest BCUT2D eigenvalue weighted by atomic mass is 10.4. The fourth-order valence-electron chi connectivity index (χ4n) is 0.515. The summed E-state index contributed by atoms with van der Waals surface area (Å²) in [5.74, 6) is -1.73. The van der Waals surface area contributed by atoms with Gasteiger partial charge in [0.2, 0.25) is 0 Å². The van der Waals surface area contributed by atoms with Gasteiger partial charge in [-0.1, -0.05) is 5.10 Å². The highest BCUT2D eigenvalue weighted by molar-refractivity contribution is 5.85. The third kappa shape index (κ3) is 1.76. The monoisotopic (exact) mass is 175 g/mol. The molecule has 0 radical (unpaired) electrons. The molecule has 0 aromatic carbocycles. The van der Waals surface area contributed by atoms with Crippen LogP contribution in [0.4, 0.5) is 5.82 Å². The number of aromatic amines is 1. The van der Waals surface area contributed by atoms with E-state index in [1.54, 1.807) is 0 Å². The second kappa shape index (κ2) is 3.44. The van der Waals surface area contributed by atoms with Crippen LogP contribution in [0, 0.1) is 10.1 Å². The molecular formula is C4H5N3O5. The Balaban J connectivity index is 0.00000121. The molecule has 1 heterocycles. The Bertz CT molecular complexity index is 277. The molecular weight excluding hydrogens is 170 g/mol. The molecule has 8 heteroatoms. The lowest BCUT2D eigenvalue weighted by Crippen LogP contribution is -1.95. The first-order valence-electron chi connectivity index (χ1n) is 2.54. The van der Waals surface area contributed by atoms with Crippen LogP contribution in [0.2, 0.25) is 0 Å². The van der Waals surface area contributed by atoms with E-state index in [2.05, 4.69) is 5.10 Å². The molecule has 66 valence electrons. The highest BCUT2D eigenvalue weighted by Gasteiger charge is 2.14. The zero-order chi connectivity index (χ0) is 8.43. The van der Waals surface area contributed by atoms with Crippen molar-refractivity contribution in [3.05, 3.63) is 21.9 Å². The van der Waals surface area contributed by atoms with E-state index in [1.807, 2.05) is 5.10 Å². The SMILES string of the molecule is O.O=C(O)c1cc([N+](=O)[O-])[nH]n1. The van der Waals surface area contributed by atoms with Crippen LogP contribution in [0.25, 0.3) is 0 Å². The van der Waals surface area contributed by atoms with Crippen molar-refractivity contribution in [2.24, 2.45) is 0 Å². The van der Waals surface area contributed by atoms with E-state index in [0.29, 0.717) is 0 Å². The number of aromatic carboxylic acids is 1. The van der Waals surface area contributed by atoms with E-state index in [4.69, 9.17) is 5.11 Å². The summed E-state index contributed by atoms with van der Waals surface area (Å²) in [5.41, 5.74) is -0.364. The summed E-state index contributed by atoms with van der Waals surface area (Å²) in [6.45, 7) is 0. The summed E-state index contributed by atoms with van der Waals surface area (Å²) in [5, 5.41) is 23.4. The summed E-state index contributed by atoms with van der Waals surface area (Å²) in [4.78, 5) is 19.4. The van der Waals surface area contributed by atoms with Crippen LogP contribution in [-0.4, -0.2) is 31.7 Å². The first-order valence-corrected chi connectivity index (χ1v) is 2.54. The van der Waals surface area contributed by atoms with Crippen LogP contribution in [0.15, 0.2) is 6.07 Å². The molecule has 0 bridgehead atoms. The average Bonchev–Trinajstić information content (AvgIpc) is 2.33. The maximum absolute atomic E-state index is 10.1. The minimum absolute atomic E-state index is 0. The quantitative estimate of drug-likeness (QED) is 0.446. The second-order valence-corrected chi connectivity index (χ2v) is 1.70. The predicted octanol–water partition coefficient (Wildman–Crippen LogP) is -0.809. The van der Waals surface area contributed by atoms with Gasteiger partial charge in [0.1, 0.15) is 0 Å². The van der Waals surface area contributed by atoms with Gasteiger partial charge in [-0.25, -0.2) is 4.79 Å². The summed E-state index contributed by atoms with van der Waals surface area (Å²) >= 11 is 0. The van der Waals surface area contributed by atoms with Gasteiger partial charge in [0.05, 0.1) is 6.07 Å². The number of carboxylic acid groups (broad SMARTS) is 1. The topological polar surface area (TPSA) is 141 Å². The first-order chi connectivity index (χ1) is 5.11. The summed E-state index contributed by atoms with van der Waals surface area (Å²) in [7, 11) is 0. The smallest absolute Gasteiger partial charge is 0.358 e. The fraction of sp³-hybridized carbons (Fsp3) is 0. The molecule has 0 saturated carbocycles. The minimum atomic E-state index is -1.30. The number of nitro groups is 1. The molecule has 0 aliphatic rings. The molecule has 0 spiro atoms. The molecule has 0 unspecified atom stereocenters. The Labute approximate surface area is 65.3 Å². The van der Waals surface area contributed by atoms with Gasteiger partial charge in [0.25, 0.3) is 0 Å². The number of H-pyrrole nitrogens is 1. The number of carbonyl (C=O) groups is 1. The number of hydrogen-bond donors (Lipinski definition) is 2. The van der Waals surface area contributed by atoms with Crippen LogP contribution < -0.4 is 0 Å². The summed E-state index contributed by atoms with van der Waals surface area (Å²) in [6.07, 6.45) is 0. The highest BCUT2D eigenvalue weighted by atomic mass is 16.6. The third-order valence-corrected chi connectivity index (χ3v) is 0.980. The van der Waals surface area contributed by atoms with Crippen LogP contribution in [0.5, 0.6) is 0 Å². The minimum Gasteiger partial charge on any atom is -0.476 e. The van der Waals surface area contributed by atoms with Crippen molar-refractivity contribution in [2.75, 3.05) is 0 Å². The standard InChI is InChI=1S/C4H3N3O4.H2O/c8-4(9)2-1-3(6-5-2)7(10)11;/h1H,(H,5,6)(H,8,9);1H2. The molecule has 12 heavy (non-hydrogen) atoms. The molecule has 8 nitrogen and oxygen atoms in total. The third-order valence-electron chi connectivity index (χ3n) is 0.980. The van der Waals surface area contributed by atoms with Gasteiger partial charge in [0, 0.05) is 0 Å². The van der Waals surface area contributed by atoms with E-state index < -0.39 is 16.7 Å². The molecule has 0 aliphatic carbocycles. The molecule has 1 aromatic rings. The molecule has 0 saturated heterocycles. The number of aromatic nitrogens is 2. The van der Waals surface area contributed by atoms with E-state index in [-0.39, 0.29) is 11.2 Å². The Morgan fingerprint density at radius 1 is 1.75 bits per heavy atom. The zero-order valence-corrected chi connectivity index (χ0v) is 5.64. The van der Waals surface area contributed by atoms with E-state index in [0.717, 1.165) is 6.07 Å². The van der Waals surface area contributed by atoms with Crippen molar-refractivity contribution in [1.29, 1.82) is 0 Å². The number of hydrogen-bond acceptors (Lipinski definition) is 4. The van der Waals surface area contributed by atoms with Crippen molar-refractivity contribution in [3.8, 4) is 0 Å². The van der Waals surface area contributed by atoms with Gasteiger partial charge in [-0.3, -0.25) is 0 Å². The number of nitrogens with one attached hydrogen (secondary N) is 1. The van der Waals surface area contributed by atoms with Crippen molar-refractivity contribution in [2.45, 2.75) is 0 Å². The van der Waals surface area contributed by atoms with Crippen LogP contribution in [0.3, 0.4) is 0 Å². The maximum atomic E-state index is 10.1. The van der Waals surface area contributed by atoms with Gasteiger partial charge < -0.3 is 20.7 Å². The summed E-state index contributed by atoms with van der Waals surface area (Å²) in [6, 6.07) is 0.850. The molecule has 1 rings (SSSR count). The van der Waals surface area contributed by atoms with Crippen molar-refractivity contribution in [3.63, 3.8) is 0 Å². The Kier molecular flexibility index (Phi) is 2.88. The van der Waals surface area contributed by atoms with Gasteiger partial charge in [0.15, 0.2) is 5.69 Å². The Morgan fingerprint density at radius 2 is 2.33 bits per heavy atom. The lowest BCUT2D eigenvalue weighted by Gasteiger charge is -1.83. The first kappa shape index (κ1) is 10.0. The largest absolute Gasteiger partial charge is 0.476 e. The van der Waals surface area contributed by atoms with E-state index in [9.17, 15) is 14.9 Å². The predicted molar refractivity (Wildman–Crippen MR) is 35.8 cm³/mol. The van der Waals surface area contributed by atoms with Gasteiger partial charge in [-0.2, -0.15) is 0 Å². The van der Waals surface area contributed by atoms with Crippen LogP contribution in [-0.2, 0) is 0 Å². The molecule has 0 amide bonds. The van der Waals surface area contributed by atoms with Crippen molar-refractivity contribution >= 4 is 11.8 Å². The van der Waals surface area contributed by atoms with Crippen LogP contribution >= 0.6 is 0 Å². The van der Waals surface area contributed by atoms with Gasteiger partial charge >= 0.3 is 11.8 Å². The van der Waals surface area contributed by atoms with Crippen molar-refractivity contribution in [1.82, 2.24) is 10.2 Å². The normalized spacial score (nSPS) is 8.67. The second-order valence-electron chi connectivity index (χ2n) is 1.70. The molecule has 1 aromatic heterocycles. The molecule has 0 aliphatic heterocycles. The van der Waals surface area contributed by atoms with Gasteiger partial charge in [-0.15, -0.1) is 5.10 Å².